The summed E-state index contributed by atoms with van der Waals surface area (Å²) in [4.78, 5) is 3.49. The molecule has 1 aromatic heterocycles. The molecule has 0 aliphatic rings. The summed E-state index contributed by atoms with van der Waals surface area (Å²) in [7, 11) is -3.60. The first-order valence-corrected chi connectivity index (χ1v) is 10.8. The maximum absolute atomic E-state index is 14.3. The van der Waals surface area contributed by atoms with E-state index in [1.54, 1.807) is 24.3 Å². The van der Waals surface area contributed by atoms with Gasteiger partial charge in [-0.25, -0.2) is 13.1 Å². The lowest BCUT2D eigenvalue weighted by Gasteiger charge is -2.18. The van der Waals surface area contributed by atoms with Crippen molar-refractivity contribution in [3.63, 3.8) is 0 Å². The molecule has 3 rings (SSSR count). The average molecular weight is 416 g/mol. The Kier molecular flexibility index (Phi) is 6.71. The van der Waals surface area contributed by atoms with E-state index >= 15 is 0 Å². The topological polar surface area (TPSA) is 59.1 Å². The van der Waals surface area contributed by atoms with E-state index in [1.807, 2.05) is 37.3 Å². The lowest BCUT2D eigenvalue weighted by molar-refractivity contribution is 0.491. The molecule has 0 saturated heterocycles. The lowest BCUT2D eigenvalue weighted by atomic mass is 9.88. The molecule has 0 fully saturated rings. The van der Waals surface area contributed by atoms with Crippen LogP contribution in [0.4, 0.5) is 8.78 Å². The normalized spacial score (nSPS) is 12.7. The molecule has 7 heteroatoms. The highest BCUT2D eigenvalue weighted by Crippen LogP contribution is 2.30. The molecule has 0 aliphatic heterocycles. The Morgan fingerprint density at radius 2 is 1.66 bits per heavy atom. The third kappa shape index (κ3) is 5.46. The number of nitrogens with zero attached hydrogens (tertiary/aromatic N) is 1. The highest BCUT2D eigenvalue weighted by atomic mass is 32.2. The summed E-state index contributed by atoms with van der Waals surface area (Å²) in [6.07, 6.45) is 0.951. The van der Waals surface area contributed by atoms with Crippen LogP contribution in [0, 0.1) is 18.8 Å². The van der Waals surface area contributed by atoms with Crippen LogP contribution in [0.5, 0.6) is 0 Å². The van der Waals surface area contributed by atoms with Crippen LogP contribution in [0.1, 0.15) is 35.4 Å². The van der Waals surface area contributed by atoms with Crippen molar-refractivity contribution in [1.29, 1.82) is 0 Å². The zero-order valence-corrected chi connectivity index (χ0v) is 16.8. The Morgan fingerprint density at radius 3 is 2.31 bits per heavy atom. The molecule has 0 aliphatic carbocycles. The van der Waals surface area contributed by atoms with Crippen LogP contribution in [0.25, 0.3) is 0 Å². The third-order valence-electron chi connectivity index (χ3n) is 4.71. The molecule has 29 heavy (non-hydrogen) atoms. The van der Waals surface area contributed by atoms with Gasteiger partial charge in [0.25, 0.3) is 0 Å². The molecular formula is C22H22F2N2O2S. The zero-order chi connectivity index (χ0) is 20.9. The maximum Gasteiger partial charge on any atom is 0.240 e. The molecule has 0 saturated carbocycles. The average Bonchev–Trinajstić information content (AvgIpc) is 2.70. The van der Waals surface area contributed by atoms with Crippen molar-refractivity contribution >= 4 is 10.0 Å². The number of nitrogens with one attached hydrogen (secondary N) is 1. The smallest absolute Gasteiger partial charge is 0.211 e. The Labute approximate surface area is 169 Å². The van der Waals surface area contributed by atoms with Gasteiger partial charge in [-0.3, -0.25) is 0 Å². The summed E-state index contributed by atoms with van der Waals surface area (Å²) in [6.45, 7) is 2.09. The third-order valence-corrected chi connectivity index (χ3v) is 6.19. The van der Waals surface area contributed by atoms with E-state index in [-0.39, 0.29) is 17.4 Å². The largest absolute Gasteiger partial charge is 0.240 e. The predicted octanol–water partition coefficient (Wildman–Crippen LogP) is 4.56. The molecule has 4 nitrogen and oxygen atoms in total. The fourth-order valence-electron chi connectivity index (χ4n) is 3.18. The van der Waals surface area contributed by atoms with Crippen LogP contribution in [0.2, 0.25) is 0 Å². The van der Waals surface area contributed by atoms with Gasteiger partial charge in [-0.15, -0.1) is 0 Å². The van der Waals surface area contributed by atoms with Gasteiger partial charge in [-0.2, -0.15) is 13.8 Å². The van der Waals surface area contributed by atoms with Gasteiger partial charge in [0.15, 0.2) is 0 Å². The number of benzene rings is 2. The van der Waals surface area contributed by atoms with E-state index in [0.29, 0.717) is 18.4 Å². The van der Waals surface area contributed by atoms with Crippen LogP contribution in [0.3, 0.4) is 0 Å². The van der Waals surface area contributed by atoms with Crippen LogP contribution in [-0.4, -0.2) is 19.9 Å². The van der Waals surface area contributed by atoms with Crippen molar-refractivity contribution in [1.82, 2.24) is 9.71 Å². The van der Waals surface area contributed by atoms with Crippen molar-refractivity contribution < 1.29 is 17.2 Å². The molecular weight excluding hydrogens is 394 g/mol. The van der Waals surface area contributed by atoms with Gasteiger partial charge in [0.2, 0.25) is 21.9 Å². The Balaban J connectivity index is 1.70. The van der Waals surface area contributed by atoms with E-state index in [1.165, 1.54) is 6.07 Å². The highest BCUT2D eigenvalue weighted by molar-refractivity contribution is 7.89. The molecule has 0 bridgehead atoms. The van der Waals surface area contributed by atoms with E-state index in [2.05, 4.69) is 9.71 Å². The minimum atomic E-state index is -3.60. The molecule has 0 spiro atoms. The molecule has 1 atom stereocenters. The maximum atomic E-state index is 14.3. The SMILES string of the molecule is Cc1ccc(S(=O)(=O)NCCCC(c2ccccc2)c2ccc(F)nc2F)cc1. The van der Waals surface area contributed by atoms with E-state index in [0.717, 1.165) is 17.2 Å². The number of aryl methyl sites for hydroxylation is 1. The van der Waals surface area contributed by atoms with Crippen LogP contribution in [0.15, 0.2) is 71.6 Å². The number of sulfonamides is 1. The van der Waals surface area contributed by atoms with Gasteiger partial charge in [0.1, 0.15) is 0 Å². The van der Waals surface area contributed by atoms with Crippen LogP contribution in [-0.2, 0) is 10.0 Å². The summed E-state index contributed by atoms with van der Waals surface area (Å²) in [6, 6.07) is 18.4. The summed E-state index contributed by atoms with van der Waals surface area (Å²) < 4.78 is 54.9. The number of rotatable bonds is 8. The lowest BCUT2D eigenvalue weighted by Crippen LogP contribution is -2.25. The standard InChI is InChI=1S/C22H22F2N2O2S/c1-16-9-11-18(12-10-16)29(27,28)25-15-5-8-19(17-6-3-2-4-7-17)20-13-14-21(23)26-22(20)24/h2-4,6-7,9-14,19,25H,5,8,15H2,1H3. The van der Waals surface area contributed by atoms with Gasteiger partial charge >= 0.3 is 0 Å². The second kappa shape index (κ2) is 9.24. The monoisotopic (exact) mass is 416 g/mol. The number of pyridine rings is 1. The zero-order valence-electron chi connectivity index (χ0n) is 16.0. The molecule has 2 aromatic carbocycles. The van der Waals surface area contributed by atoms with Gasteiger partial charge in [-0.1, -0.05) is 48.0 Å². The second-order valence-corrected chi connectivity index (χ2v) is 8.60. The number of hydrogen-bond acceptors (Lipinski definition) is 3. The Morgan fingerprint density at radius 1 is 0.966 bits per heavy atom. The summed E-state index contributed by atoms with van der Waals surface area (Å²) in [5, 5.41) is 0. The molecule has 1 heterocycles. The van der Waals surface area contributed by atoms with Crippen molar-refractivity contribution in [2.75, 3.05) is 6.54 Å². The van der Waals surface area contributed by atoms with Crippen molar-refractivity contribution in [3.8, 4) is 0 Å². The highest BCUT2D eigenvalue weighted by Gasteiger charge is 2.20. The van der Waals surface area contributed by atoms with Crippen molar-refractivity contribution in [2.24, 2.45) is 0 Å². The first kappa shape index (κ1) is 21.1. The first-order valence-electron chi connectivity index (χ1n) is 9.30. The first-order chi connectivity index (χ1) is 13.9. The summed E-state index contributed by atoms with van der Waals surface area (Å²) >= 11 is 0. The number of halogens is 2. The van der Waals surface area contributed by atoms with Gasteiger partial charge in [0, 0.05) is 18.0 Å². The molecule has 0 amide bonds. The fraction of sp³-hybridized carbons (Fsp3) is 0.227. The van der Waals surface area contributed by atoms with E-state index in [9.17, 15) is 17.2 Å². The second-order valence-electron chi connectivity index (χ2n) is 6.83. The van der Waals surface area contributed by atoms with E-state index in [4.69, 9.17) is 0 Å². The van der Waals surface area contributed by atoms with Crippen molar-refractivity contribution in [3.05, 3.63) is 95.3 Å². The summed E-state index contributed by atoms with van der Waals surface area (Å²) in [5.41, 5.74) is 2.13. The minimum absolute atomic E-state index is 0.204. The number of hydrogen-bond donors (Lipinski definition) is 1. The molecule has 3 aromatic rings. The molecule has 1 N–H and O–H groups in total. The van der Waals surface area contributed by atoms with Gasteiger partial charge < -0.3 is 0 Å². The van der Waals surface area contributed by atoms with Crippen molar-refractivity contribution in [2.45, 2.75) is 30.6 Å². The number of aromatic nitrogens is 1. The quantitative estimate of drug-likeness (QED) is 0.433. The minimum Gasteiger partial charge on any atom is -0.211 e. The van der Waals surface area contributed by atoms with Crippen LogP contribution >= 0.6 is 0 Å². The Bertz CT molecular complexity index is 1060. The van der Waals surface area contributed by atoms with Gasteiger partial charge in [-0.05, 0) is 49.6 Å². The molecule has 1 unspecified atom stereocenters. The van der Waals surface area contributed by atoms with E-state index < -0.39 is 21.9 Å². The van der Waals surface area contributed by atoms with Crippen LogP contribution < -0.4 is 4.72 Å². The van der Waals surface area contributed by atoms with Gasteiger partial charge in [0.05, 0.1) is 4.90 Å². The summed E-state index contributed by atoms with van der Waals surface area (Å²) in [5.74, 6) is -2.07. The molecule has 152 valence electrons. The Hall–Kier alpha value is -2.64. The molecule has 0 radical (unpaired) electrons. The predicted molar refractivity (Wildman–Crippen MR) is 108 cm³/mol. The fourth-order valence-corrected chi connectivity index (χ4v) is 4.26.